The molecular weight excluding hydrogens is 172 g/mol. The van der Waals surface area contributed by atoms with Crippen molar-refractivity contribution in [3.8, 4) is 0 Å². The second kappa shape index (κ2) is 12.2. The molecule has 1 nitrogen and oxygen atoms in total. The van der Waals surface area contributed by atoms with Gasteiger partial charge in [-0.3, -0.25) is 0 Å². The van der Waals surface area contributed by atoms with Gasteiger partial charge in [-0.1, -0.05) is 57.6 Å². The van der Waals surface area contributed by atoms with Crippen LogP contribution in [0.2, 0.25) is 0 Å². The van der Waals surface area contributed by atoms with E-state index in [1.807, 2.05) is 6.08 Å². The van der Waals surface area contributed by atoms with E-state index in [0.717, 1.165) is 6.42 Å². The molecule has 0 aliphatic heterocycles. The van der Waals surface area contributed by atoms with Crippen molar-refractivity contribution in [2.75, 3.05) is 0 Å². The van der Waals surface area contributed by atoms with E-state index in [1.165, 1.54) is 51.0 Å². The fourth-order valence-corrected chi connectivity index (χ4v) is 1.42. The van der Waals surface area contributed by atoms with Crippen LogP contribution in [-0.2, 0) is 4.79 Å². The van der Waals surface area contributed by atoms with E-state index >= 15 is 0 Å². The molecule has 0 aliphatic carbocycles. The molecule has 80 valence electrons. The maximum absolute atomic E-state index is 9.81. The number of unbranched alkanes of at least 4 members (excludes halogenated alkanes) is 7. The van der Waals surface area contributed by atoms with Gasteiger partial charge in [0.25, 0.3) is 0 Å². The van der Waals surface area contributed by atoms with Gasteiger partial charge in [-0.15, -0.1) is 0 Å². The normalized spacial score (nSPS) is 10.4. The summed E-state index contributed by atoms with van der Waals surface area (Å²) in [6.07, 6.45) is 15.7. The monoisotopic (exact) mass is 194 g/mol. The van der Waals surface area contributed by atoms with Gasteiger partial charge in [0.15, 0.2) is 0 Å². The van der Waals surface area contributed by atoms with Crippen LogP contribution in [0, 0.1) is 0 Å². The van der Waals surface area contributed by atoms with Crippen LogP contribution in [-0.4, -0.2) is 5.94 Å². The van der Waals surface area contributed by atoms with Gasteiger partial charge < -0.3 is 0 Å². The molecular formula is C13H22O. The summed E-state index contributed by atoms with van der Waals surface area (Å²) in [4.78, 5) is 9.81. The Balaban J connectivity index is 3.02. The third-order valence-electron chi connectivity index (χ3n) is 2.27. The van der Waals surface area contributed by atoms with Crippen molar-refractivity contribution in [3.05, 3.63) is 18.2 Å². The Morgan fingerprint density at radius 3 is 2.29 bits per heavy atom. The number of hydrogen-bond donors (Lipinski definition) is 0. The Kier molecular flexibility index (Phi) is 11.5. The smallest absolute Gasteiger partial charge is 0.124 e. The minimum absolute atomic E-state index is 1.09. The van der Waals surface area contributed by atoms with Crippen LogP contribution in [0.5, 0.6) is 0 Å². The minimum atomic E-state index is 1.09. The highest BCUT2D eigenvalue weighted by Gasteiger charge is 1.88. The van der Waals surface area contributed by atoms with Crippen LogP contribution in [0.3, 0.4) is 0 Å². The van der Waals surface area contributed by atoms with Crippen molar-refractivity contribution < 1.29 is 4.79 Å². The van der Waals surface area contributed by atoms with Crippen LogP contribution in [0.4, 0.5) is 0 Å². The van der Waals surface area contributed by atoms with E-state index in [-0.39, 0.29) is 0 Å². The molecule has 0 aromatic carbocycles. The fourth-order valence-electron chi connectivity index (χ4n) is 1.42. The van der Waals surface area contributed by atoms with Crippen molar-refractivity contribution in [2.24, 2.45) is 0 Å². The summed E-state index contributed by atoms with van der Waals surface area (Å²) in [5.74, 6) is 1.73. The summed E-state index contributed by atoms with van der Waals surface area (Å²) in [6.45, 7) is 2.24. The molecule has 0 saturated carbocycles. The third-order valence-corrected chi connectivity index (χ3v) is 2.27. The number of carbonyl (C=O) groups excluding carboxylic acids is 1. The summed E-state index contributed by atoms with van der Waals surface area (Å²) in [5, 5.41) is 0. The lowest BCUT2D eigenvalue weighted by atomic mass is 10.1. The van der Waals surface area contributed by atoms with Crippen LogP contribution in [0.15, 0.2) is 18.2 Å². The molecule has 0 aromatic heterocycles. The third kappa shape index (κ3) is 11.2. The zero-order chi connectivity index (χ0) is 10.5. The van der Waals surface area contributed by atoms with E-state index in [2.05, 4.69) is 6.92 Å². The zero-order valence-electron chi connectivity index (χ0n) is 9.30. The molecule has 0 heterocycles. The van der Waals surface area contributed by atoms with Gasteiger partial charge in [0.2, 0.25) is 0 Å². The minimum Gasteiger partial charge on any atom is -0.234 e. The summed E-state index contributed by atoms with van der Waals surface area (Å²) in [5.41, 5.74) is 0. The molecule has 0 unspecified atom stereocenters. The summed E-state index contributed by atoms with van der Waals surface area (Å²) in [6, 6.07) is 0. The molecule has 0 aliphatic rings. The van der Waals surface area contributed by atoms with E-state index < -0.39 is 0 Å². The largest absolute Gasteiger partial charge is 0.234 e. The molecule has 0 rings (SSSR count). The highest BCUT2D eigenvalue weighted by atomic mass is 16.1. The average molecular weight is 194 g/mol. The maximum Gasteiger partial charge on any atom is 0.124 e. The molecule has 0 aromatic rings. The topological polar surface area (TPSA) is 17.1 Å². The van der Waals surface area contributed by atoms with Gasteiger partial charge >= 0.3 is 0 Å². The van der Waals surface area contributed by atoms with Crippen molar-refractivity contribution >= 4 is 5.94 Å². The first-order valence-corrected chi connectivity index (χ1v) is 5.77. The summed E-state index contributed by atoms with van der Waals surface area (Å²) >= 11 is 0. The molecule has 0 saturated heterocycles. The highest BCUT2D eigenvalue weighted by molar-refractivity contribution is 5.48. The van der Waals surface area contributed by atoms with Gasteiger partial charge in [0, 0.05) is 6.08 Å². The fraction of sp³-hybridized carbons (Fsp3) is 0.692. The lowest BCUT2D eigenvalue weighted by molar-refractivity contribution is 0.569. The van der Waals surface area contributed by atoms with Crippen molar-refractivity contribution in [1.82, 2.24) is 0 Å². The van der Waals surface area contributed by atoms with E-state index in [1.54, 1.807) is 12.0 Å². The molecule has 0 spiro atoms. The van der Waals surface area contributed by atoms with Gasteiger partial charge in [-0.05, 0) is 12.8 Å². The van der Waals surface area contributed by atoms with Crippen LogP contribution in [0.1, 0.15) is 58.3 Å². The second-order valence-corrected chi connectivity index (χ2v) is 3.62. The molecule has 1 heteroatoms. The Morgan fingerprint density at radius 1 is 1.00 bits per heavy atom. The SMILES string of the molecule is CCCCCCCCCC=CC=C=O. The lowest BCUT2D eigenvalue weighted by Gasteiger charge is -1.98. The quantitative estimate of drug-likeness (QED) is 0.307. The van der Waals surface area contributed by atoms with Gasteiger partial charge in [0.05, 0.1) is 0 Å². The highest BCUT2D eigenvalue weighted by Crippen LogP contribution is 2.08. The van der Waals surface area contributed by atoms with Crippen LogP contribution in [0.25, 0.3) is 0 Å². The standard InChI is InChI=1S/C13H22O/c1-2-3-4-5-6-7-8-9-10-11-12-13-14/h10-12H,2-9H2,1H3. The second-order valence-electron chi connectivity index (χ2n) is 3.62. The first-order valence-electron chi connectivity index (χ1n) is 5.77. The molecule has 0 atom stereocenters. The first-order chi connectivity index (χ1) is 6.91. The molecule has 14 heavy (non-hydrogen) atoms. The van der Waals surface area contributed by atoms with Crippen molar-refractivity contribution in [3.63, 3.8) is 0 Å². The zero-order valence-corrected chi connectivity index (χ0v) is 9.30. The van der Waals surface area contributed by atoms with Crippen LogP contribution >= 0.6 is 0 Å². The molecule has 0 amide bonds. The lowest BCUT2D eigenvalue weighted by Crippen LogP contribution is -1.78. The van der Waals surface area contributed by atoms with E-state index in [0.29, 0.717) is 0 Å². The number of rotatable bonds is 9. The van der Waals surface area contributed by atoms with Crippen molar-refractivity contribution in [2.45, 2.75) is 58.3 Å². The predicted octanol–water partition coefficient (Wildman–Crippen LogP) is 4.07. The average Bonchev–Trinajstić information content (AvgIpc) is 2.21. The first kappa shape index (κ1) is 13.2. The van der Waals surface area contributed by atoms with Gasteiger partial charge in [-0.2, -0.15) is 0 Å². The summed E-state index contributed by atoms with van der Waals surface area (Å²) in [7, 11) is 0. The summed E-state index contributed by atoms with van der Waals surface area (Å²) < 4.78 is 0. The Bertz CT molecular complexity index is 176. The van der Waals surface area contributed by atoms with Crippen molar-refractivity contribution in [1.29, 1.82) is 0 Å². The molecule has 0 N–H and O–H groups in total. The molecule has 0 radical (unpaired) electrons. The van der Waals surface area contributed by atoms with E-state index in [4.69, 9.17) is 0 Å². The Hall–Kier alpha value is -0.810. The predicted molar refractivity (Wildman–Crippen MR) is 62.0 cm³/mol. The number of allylic oxidation sites excluding steroid dienone is 3. The van der Waals surface area contributed by atoms with Gasteiger partial charge in [0.1, 0.15) is 5.94 Å². The van der Waals surface area contributed by atoms with E-state index in [9.17, 15) is 4.79 Å². The Morgan fingerprint density at radius 2 is 1.64 bits per heavy atom. The molecule has 0 fully saturated rings. The Labute approximate surface area is 87.9 Å². The van der Waals surface area contributed by atoms with Crippen LogP contribution < -0.4 is 0 Å². The van der Waals surface area contributed by atoms with Gasteiger partial charge in [-0.25, -0.2) is 4.79 Å². The number of hydrogen-bond acceptors (Lipinski definition) is 1. The maximum atomic E-state index is 9.81. The molecule has 0 bridgehead atoms.